The molecule has 1 aliphatic carbocycles. The zero-order valence-electron chi connectivity index (χ0n) is 19.9. The molecule has 1 aromatic carbocycles. The maximum Gasteiger partial charge on any atom is 0.573 e. The summed E-state index contributed by atoms with van der Waals surface area (Å²) >= 11 is 0. The van der Waals surface area contributed by atoms with Crippen molar-refractivity contribution in [2.24, 2.45) is 0 Å². The standard InChI is InChI=1S/C24H26F6N4O2/c1-15-11-19(23(25,26)27)31-13-18(15)34-14-21(32-20(34)35)7-9-22(10-8-21,33(2)3)16-5-4-6-17(12-16)36-24(28,29)30/h4-6,11-13H,7-10,14H2,1-3H3,(H,32,35). The summed E-state index contributed by atoms with van der Waals surface area (Å²) in [6.45, 7) is 1.75. The zero-order valence-corrected chi connectivity index (χ0v) is 19.9. The van der Waals surface area contributed by atoms with Crippen molar-refractivity contribution in [3.05, 3.63) is 53.3 Å². The molecule has 12 heteroatoms. The molecule has 0 unspecified atom stereocenters. The van der Waals surface area contributed by atoms with Crippen LogP contribution in [0.15, 0.2) is 36.5 Å². The fourth-order valence-corrected chi connectivity index (χ4v) is 5.29. The van der Waals surface area contributed by atoms with Gasteiger partial charge in [-0.2, -0.15) is 13.2 Å². The van der Waals surface area contributed by atoms with Crippen LogP contribution in [0.5, 0.6) is 5.75 Å². The van der Waals surface area contributed by atoms with Gasteiger partial charge in [-0.1, -0.05) is 12.1 Å². The molecule has 6 nitrogen and oxygen atoms in total. The smallest absolute Gasteiger partial charge is 0.406 e. The minimum Gasteiger partial charge on any atom is -0.406 e. The third kappa shape index (κ3) is 4.95. The Labute approximate surface area is 204 Å². The van der Waals surface area contributed by atoms with Gasteiger partial charge in [-0.15, -0.1) is 13.2 Å². The van der Waals surface area contributed by atoms with Gasteiger partial charge >= 0.3 is 18.6 Å². The Bertz CT molecular complexity index is 1140. The van der Waals surface area contributed by atoms with Crippen LogP contribution in [0.2, 0.25) is 0 Å². The average molecular weight is 516 g/mol. The summed E-state index contributed by atoms with van der Waals surface area (Å²) < 4.78 is 81.4. The minimum absolute atomic E-state index is 0.250. The van der Waals surface area contributed by atoms with Crippen molar-refractivity contribution in [3.63, 3.8) is 0 Å². The number of aromatic nitrogens is 1. The first-order valence-corrected chi connectivity index (χ1v) is 11.3. The van der Waals surface area contributed by atoms with E-state index in [-0.39, 0.29) is 17.9 Å². The van der Waals surface area contributed by atoms with Crippen LogP contribution in [0.25, 0.3) is 0 Å². The predicted octanol–water partition coefficient (Wildman–Crippen LogP) is 5.61. The van der Waals surface area contributed by atoms with Crippen molar-refractivity contribution in [1.29, 1.82) is 0 Å². The van der Waals surface area contributed by atoms with E-state index < -0.39 is 35.3 Å². The molecule has 36 heavy (non-hydrogen) atoms. The van der Waals surface area contributed by atoms with E-state index in [1.807, 2.05) is 19.0 Å². The van der Waals surface area contributed by atoms with Crippen LogP contribution in [0.1, 0.15) is 42.5 Å². The number of urea groups is 1. The quantitative estimate of drug-likeness (QED) is 0.537. The van der Waals surface area contributed by atoms with E-state index in [0.717, 1.165) is 12.3 Å². The second-order valence-electron chi connectivity index (χ2n) is 9.65. The molecule has 1 spiro atoms. The number of amides is 2. The summed E-state index contributed by atoms with van der Waals surface area (Å²) in [6, 6.07) is 6.42. The summed E-state index contributed by atoms with van der Waals surface area (Å²) in [7, 11) is 3.71. The molecule has 2 aliphatic rings. The Morgan fingerprint density at radius 1 is 1.06 bits per heavy atom. The number of hydrogen-bond acceptors (Lipinski definition) is 4. The summed E-state index contributed by atoms with van der Waals surface area (Å²) in [4.78, 5) is 19.7. The molecule has 0 bridgehead atoms. The number of pyridine rings is 1. The molecular weight excluding hydrogens is 490 g/mol. The Morgan fingerprint density at radius 2 is 1.72 bits per heavy atom. The number of nitrogens with one attached hydrogen (secondary N) is 1. The average Bonchev–Trinajstić information content (AvgIpc) is 3.08. The lowest BCUT2D eigenvalue weighted by atomic mass is 9.69. The first-order chi connectivity index (χ1) is 16.6. The molecule has 1 saturated heterocycles. The number of halogens is 6. The van der Waals surface area contributed by atoms with Crippen molar-refractivity contribution >= 4 is 11.7 Å². The van der Waals surface area contributed by atoms with Crippen molar-refractivity contribution in [1.82, 2.24) is 15.2 Å². The van der Waals surface area contributed by atoms with Gasteiger partial charge in [-0.25, -0.2) is 9.78 Å². The molecule has 1 N–H and O–H groups in total. The normalized spacial score (nSPS) is 24.9. The van der Waals surface area contributed by atoms with Crippen LogP contribution in [0.3, 0.4) is 0 Å². The number of nitrogens with zero attached hydrogens (tertiary/aromatic N) is 3. The van der Waals surface area contributed by atoms with Gasteiger partial charge in [0.15, 0.2) is 0 Å². The number of rotatable bonds is 4. The van der Waals surface area contributed by atoms with Crippen LogP contribution in [-0.4, -0.2) is 48.5 Å². The van der Waals surface area contributed by atoms with Crippen LogP contribution in [0.4, 0.5) is 36.8 Å². The Kier molecular flexibility index (Phi) is 6.39. The van der Waals surface area contributed by atoms with E-state index >= 15 is 0 Å². The summed E-state index contributed by atoms with van der Waals surface area (Å²) in [5.74, 6) is -0.299. The number of anilines is 1. The van der Waals surface area contributed by atoms with Gasteiger partial charge in [0, 0.05) is 5.54 Å². The number of hydrogen-bond donors (Lipinski definition) is 1. The van der Waals surface area contributed by atoms with E-state index in [2.05, 4.69) is 15.0 Å². The summed E-state index contributed by atoms with van der Waals surface area (Å²) in [5, 5.41) is 3.01. The molecule has 0 radical (unpaired) electrons. The lowest BCUT2D eigenvalue weighted by Gasteiger charge is -2.48. The molecule has 2 fully saturated rings. The number of aryl methyl sites for hydroxylation is 1. The third-order valence-corrected chi connectivity index (χ3v) is 7.24. The van der Waals surface area contributed by atoms with E-state index in [1.54, 1.807) is 6.07 Å². The molecule has 196 valence electrons. The predicted molar refractivity (Wildman–Crippen MR) is 120 cm³/mol. The van der Waals surface area contributed by atoms with Crippen molar-refractivity contribution in [2.75, 3.05) is 25.5 Å². The number of benzene rings is 1. The maximum atomic E-state index is 13.0. The second-order valence-corrected chi connectivity index (χ2v) is 9.65. The fourth-order valence-electron chi connectivity index (χ4n) is 5.29. The molecule has 4 rings (SSSR count). The Morgan fingerprint density at radius 3 is 2.28 bits per heavy atom. The molecule has 1 saturated carbocycles. The minimum atomic E-state index is -4.80. The molecule has 2 heterocycles. The topological polar surface area (TPSA) is 57.7 Å². The van der Waals surface area contributed by atoms with Crippen molar-refractivity contribution < 1.29 is 35.9 Å². The number of alkyl halides is 6. The fraction of sp³-hybridized carbons (Fsp3) is 0.500. The summed E-state index contributed by atoms with van der Waals surface area (Å²) in [6.07, 6.45) is -6.21. The number of carbonyl (C=O) groups is 1. The first-order valence-electron chi connectivity index (χ1n) is 11.3. The van der Waals surface area contributed by atoms with Crippen LogP contribution in [0, 0.1) is 6.92 Å². The van der Waals surface area contributed by atoms with Gasteiger partial charge in [-0.05, 0) is 76.0 Å². The van der Waals surface area contributed by atoms with Gasteiger partial charge in [0.2, 0.25) is 0 Å². The number of carbonyl (C=O) groups excluding carboxylic acids is 1. The van der Waals surface area contributed by atoms with Crippen LogP contribution >= 0.6 is 0 Å². The van der Waals surface area contributed by atoms with Crippen molar-refractivity contribution in [2.45, 2.75) is 56.2 Å². The lowest BCUT2D eigenvalue weighted by Crippen LogP contribution is -2.54. The molecule has 1 aliphatic heterocycles. The first kappa shape index (κ1) is 26.1. The Hall–Kier alpha value is -3.02. The van der Waals surface area contributed by atoms with E-state index in [4.69, 9.17) is 0 Å². The molecule has 0 atom stereocenters. The highest BCUT2D eigenvalue weighted by atomic mass is 19.4. The van der Waals surface area contributed by atoms with E-state index in [1.165, 1.54) is 30.0 Å². The molecule has 2 aromatic rings. The van der Waals surface area contributed by atoms with Gasteiger partial charge in [-0.3, -0.25) is 9.80 Å². The zero-order chi connectivity index (χ0) is 26.5. The van der Waals surface area contributed by atoms with Gasteiger partial charge < -0.3 is 10.1 Å². The highest BCUT2D eigenvalue weighted by Gasteiger charge is 2.51. The Balaban J connectivity index is 1.55. The summed E-state index contributed by atoms with van der Waals surface area (Å²) in [5.41, 5.74) is -0.967. The highest BCUT2D eigenvalue weighted by molar-refractivity contribution is 5.96. The van der Waals surface area contributed by atoms with Gasteiger partial charge in [0.1, 0.15) is 11.4 Å². The lowest BCUT2D eigenvalue weighted by molar-refractivity contribution is -0.274. The third-order valence-electron chi connectivity index (χ3n) is 7.24. The maximum absolute atomic E-state index is 13.0. The van der Waals surface area contributed by atoms with Gasteiger partial charge in [0.05, 0.1) is 24.0 Å². The van der Waals surface area contributed by atoms with E-state index in [0.29, 0.717) is 36.9 Å². The number of ether oxygens (including phenoxy) is 1. The van der Waals surface area contributed by atoms with Crippen LogP contribution < -0.4 is 15.0 Å². The molecular formula is C24H26F6N4O2. The van der Waals surface area contributed by atoms with Crippen molar-refractivity contribution in [3.8, 4) is 5.75 Å². The second kappa shape index (κ2) is 8.82. The molecule has 1 aromatic heterocycles. The highest BCUT2D eigenvalue weighted by Crippen LogP contribution is 2.47. The van der Waals surface area contributed by atoms with E-state index in [9.17, 15) is 31.1 Å². The molecule has 2 amide bonds. The largest absolute Gasteiger partial charge is 0.573 e. The van der Waals surface area contributed by atoms with Crippen LogP contribution in [-0.2, 0) is 11.7 Å². The van der Waals surface area contributed by atoms with Gasteiger partial charge in [0.25, 0.3) is 0 Å². The SMILES string of the molecule is Cc1cc(C(F)(F)F)ncc1N1CC2(CCC(c3cccc(OC(F)(F)F)c3)(N(C)C)CC2)NC1=O. The monoisotopic (exact) mass is 516 g/mol.